The Morgan fingerprint density at radius 1 is 1.25 bits per heavy atom. The molecule has 0 aromatic carbocycles. The number of amides is 1. The van der Waals surface area contributed by atoms with Crippen molar-refractivity contribution in [2.24, 2.45) is 0 Å². The molecule has 0 radical (unpaired) electrons. The van der Waals surface area contributed by atoms with E-state index in [1.165, 1.54) is 44.7 Å². The predicted molar refractivity (Wildman–Crippen MR) is 93.7 cm³/mol. The Morgan fingerprint density at radius 2 is 2.08 bits per heavy atom. The van der Waals surface area contributed by atoms with Gasteiger partial charge in [-0.2, -0.15) is 0 Å². The number of anilines is 1. The van der Waals surface area contributed by atoms with Gasteiger partial charge in [-0.1, -0.05) is 19.3 Å². The monoisotopic (exact) mass is 330 g/mol. The molecule has 2 heterocycles. The molecule has 1 saturated heterocycles. The van der Waals surface area contributed by atoms with Crippen LogP contribution in [0.15, 0.2) is 24.4 Å². The van der Waals surface area contributed by atoms with Gasteiger partial charge in [0, 0.05) is 37.4 Å². The second-order valence-corrected chi connectivity index (χ2v) is 6.70. The van der Waals surface area contributed by atoms with Crippen LogP contribution in [-0.4, -0.2) is 46.2 Å². The Bertz CT molecular complexity index is 567. The Kier molecular flexibility index (Phi) is 5.82. The highest BCUT2D eigenvalue weighted by molar-refractivity contribution is 5.90. The number of carbonyl (C=O) groups excluding carboxylic acids is 1. The molecule has 1 aromatic rings. The molecule has 1 amide bonds. The number of nitrogens with one attached hydrogen (secondary N) is 2. The van der Waals surface area contributed by atoms with Crippen molar-refractivity contribution in [3.05, 3.63) is 30.0 Å². The fraction of sp³-hybridized carbons (Fsp3) is 0.556. The van der Waals surface area contributed by atoms with Gasteiger partial charge in [0.05, 0.1) is 0 Å². The first-order valence-corrected chi connectivity index (χ1v) is 8.83. The summed E-state index contributed by atoms with van der Waals surface area (Å²) in [4.78, 5) is 18.0. The number of hydrogen-bond donors (Lipinski definition) is 3. The Balaban J connectivity index is 1.49. The molecular weight excluding hydrogens is 304 g/mol. The summed E-state index contributed by atoms with van der Waals surface area (Å²) >= 11 is 0. The third-order valence-corrected chi connectivity index (χ3v) is 4.99. The predicted octanol–water partition coefficient (Wildman–Crippen LogP) is 2.42. The van der Waals surface area contributed by atoms with Crippen LogP contribution in [-0.2, 0) is 4.79 Å². The van der Waals surface area contributed by atoms with E-state index in [1.54, 1.807) is 17.8 Å². The minimum absolute atomic E-state index is 0.459. The van der Waals surface area contributed by atoms with Crippen LogP contribution in [0, 0.1) is 0 Å². The molecule has 3 N–H and O–H groups in total. The van der Waals surface area contributed by atoms with Gasteiger partial charge in [-0.15, -0.1) is 0 Å². The highest BCUT2D eigenvalue weighted by atomic mass is 16.5. The van der Waals surface area contributed by atoms with Gasteiger partial charge in [0.2, 0.25) is 0 Å². The van der Waals surface area contributed by atoms with Crippen molar-refractivity contribution in [2.75, 3.05) is 18.4 Å². The number of carbonyl (C=O) groups is 1. The number of hydrogen-bond acceptors (Lipinski definition) is 5. The molecule has 1 aliphatic carbocycles. The van der Waals surface area contributed by atoms with Crippen LogP contribution in [0.2, 0.25) is 0 Å². The van der Waals surface area contributed by atoms with Gasteiger partial charge in [0.1, 0.15) is 5.82 Å². The minimum atomic E-state index is -0.550. The van der Waals surface area contributed by atoms with E-state index in [2.05, 4.69) is 15.2 Å². The lowest BCUT2D eigenvalue weighted by Crippen LogP contribution is -2.36. The summed E-state index contributed by atoms with van der Waals surface area (Å²) in [6.45, 7) is 2.28. The standard InChI is InChI=1S/C18H26N4O2/c23-18(21-24)9-7-14-6-8-17(19-12-14)20-15-10-11-22(13-15)16-4-2-1-3-5-16/h6-9,12,15-16,24H,1-5,10-11,13H2,(H,19,20)(H,21,23)/b9-7+/t15-/m1/s1. The van der Waals surface area contributed by atoms with Crippen molar-refractivity contribution in [3.8, 4) is 0 Å². The Hall–Kier alpha value is -1.92. The lowest BCUT2D eigenvalue weighted by atomic mass is 9.94. The van der Waals surface area contributed by atoms with Gasteiger partial charge in [-0.05, 0) is 43.0 Å². The number of rotatable bonds is 5. The smallest absolute Gasteiger partial charge is 0.267 e. The van der Waals surface area contributed by atoms with Crippen molar-refractivity contribution < 1.29 is 10.0 Å². The maximum atomic E-state index is 11.0. The molecule has 1 aliphatic heterocycles. The number of nitrogens with zero attached hydrogens (tertiary/aromatic N) is 2. The van der Waals surface area contributed by atoms with Gasteiger partial charge < -0.3 is 5.32 Å². The summed E-state index contributed by atoms with van der Waals surface area (Å²) in [5, 5.41) is 12.0. The molecule has 0 bridgehead atoms. The fourth-order valence-electron chi connectivity index (χ4n) is 3.69. The van der Waals surface area contributed by atoms with Crippen LogP contribution in [0.5, 0.6) is 0 Å². The largest absolute Gasteiger partial charge is 0.366 e. The second kappa shape index (κ2) is 8.26. The molecule has 24 heavy (non-hydrogen) atoms. The molecule has 6 heteroatoms. The van der Waals surface area contributed by atoms with E-state index >= 15 is 0 Å². The molecule has 1 saturated carbocycles. The molecule has 1 aromatic heterocycles. The second-order valence-electron chi connectivity index (χ2n) is 6.70. The molecule has 0 unspecified atom stereocenters. The molecular formula is C18H26N4O2. The number of hydroxylamine groups is 1. The van der Waals surface area contributed by atoms with Gasteiger partial charge in [-0.25, -0.2) is 10.5 Å². The highest BCUT2D eigenvalue weighted by Gasteiger charge is 2.28. The number of pyridine rings is 1. The van der Waals surface area contributed by atoms with Gasteiger partial charge in [-0.3, -0.25) is 14.9 Å². The molecule has 3 rings (SSSR count). The highest BCUT2D eigenvalue weighted by Crippen LogP contribution is 2.26. The maximum Gasteiger partial charge on any atom is 0.267 e. The molecule has 2 fully saturated rings. The first kappa shape index (κ1) is 16.9. The Labute approximate surface area is 142 Å². The Morgan fingerprint density at radius 3 is 2.79 bits per heavy atom. The first-order valence-electron chi connectivity index (χ1n) is 8.83. The zero-order chi connectivity index (χ0) is 16.8. The molecule has 0 spiro atoms. The van der Waals surface area contributed by atoms with Crippen molar-refractivity contribution in [3.63, 3.8) is 0 Å². The van der Waals surface area contributed by atoms with E-state index in [0.29, 0.717) is 6.04 Å². The van der Waals surface area contributed by atoms with Crippen LogP contribution in [0.4, 0.5) is 5.82 Å². The van der Waals surface area contributed by atoms with E-state index in [-0.39, 0.29) is 0 Å². The zero-order valence-corrected chi connectivity index (χ0v) is 13.9. The molecule has 1 atom stereocenters. The van der Waals surface area contributed by atoms with Crippen LogP contribution < -0.4 is 10.8 Å². The summed E-state index contributed by atoms with van der Waals surface area (Å²) in [5.74, 6) is 0.320. The van der Waals surface area contributed by atoms with Crippen LogP contribution in [0.3, 0.4) is 0 Å². The lowest BCUT2D eigenvalue weighted by Gasteiger charge is -2.31. The summed E-state index contributed by atoms with van der Waals surface area (Å²) < 4.78 is 0. The van der Waals surface area contributed by atoms with E-state index in [4.69, 9.17) is 5.21 Å². The van der Waals surface area contributed by atoms with Gasteiger partial charge >= 0.3 is 0 Å². The van der Waals surface area contributed by atoms with Crippen molar-refractivity contribution >= 4 is 17.8 Å². The average molecular weight is 330 g/mol. The molecule has 130 valence electrons. The normalized spacial score (nSPS) is 22.8. The number of aromatic nitrogens is 1. The first-order chi connectivity index (χ1) is 11.7. The molecule has 6 nitrogen and oxygen atoms in total. The van der Waals surface area contributed by atoms with Crippen LogP contribution in [0.1, 0.15) is 44.1 Å². The molecule has 2 aliphatic rings. The topological polar surface area (TPSA) is 77.5 Å². The van der Waals surface area contributed by atoms with Crippen LogP contribution in [0.25, 0.3) is 6.08 Å². The van der Waals surface area contributed by atoms with E-state index in [1.807, 2.05) is 12.1 Å². The van der Waals surface area contributed by atoms with Crippen molar-refractivity contribution in [2.45, 2.75) is 50.6 Å². The number of likely N-dealkylation sites (tertiary alicyclic amines) is 1. The summed E-state index contributed by atoms with van der Waals surface area (Å²) in [5.41, 5.74) is 2.38. The lowest BCUT2D eigenvalue weighted by molar-refractivity contribution is -0.124. The van der Waals surface area contributed by atoms with Gasteiger partial charge in [0.15, 0.2) is 0 Å². The average Bonchev–Trinajstić information content (AvgIpc) is 3.10. The summed E-state index contributed by atoms with van der Waals surface area (Å²) in [6.07, 6.45) is 12.6. The zero-order valence-electron chi connectivity index (χ0n) is 13.9. The summed E-state index contributed by atoms with van der Waals surface area (Å²) in [7, 11) is 0. The van der Waals surface area contributed by atoms with Crippen molar-refractivity contribution in [1.29, 1.82) is 0 Å². The van der Waals surface area contributed by atoms with E-state index in [0.717, 1.165) is 30.4 Å². The quantitative estimate of drug-likeness (QED) is 0.439. The van der Waals surface area contributed by atoms with Crippen molar-refractivity contribution in [1.82, 2.24) is 15.4 Å². The van der Waals surface area contributed by atoms with Gasteiger partial charge in [0.25, 0.3) is 5.91 Å². The fourth-order valence-corrected chi connectivity index (χ4v) is 3.69. The minimum Gasteiger partial charge on any atom is -0.366 e. The summed E-state index contributed by atoms with van der Waals surface area (Å²) in [6, 6.07) is 5.08. The third kappa shape index (κ3) is 4.55. The maximum absolute atomic E-state index is 11.0. The third-order valence-electron chi connectivity index (χ3n) is 4.99. The van der Waals surface area contributed by atoms with E-state index < -0.39 is 5.91 Å². The van der Waals surface area contributed by atoms with Crippen LogP contribution >= 0.6 is 0 Å². The SMILES string of the molecule is O=C(/C=C/c1ccc(N[C@@H]2CCN(C3CCCCC3)C2)nc1)NO. The van der Waals surface area contributed by atoms with E-state index in [9.17, 15) is 4.79 Å².